The number of carbonyl (C=O) groups is 2. The van der Waals surface area contributed by atoms with E-state index in [9.17, 15) is 14.4 Å². The van der Waals surface area contributed by atoms with Crippen molar-refractivity contribution >= 4 is 29.4 Å². The molecule has 5 rings (SSSR count). The number of nitrogens with zero attached hydrogens (tertiary/aromatic N) is 2. The van der Waals surface area contributed by atoms with E-state index in [0.717, 1.165) is 0 Å². The Morgan fingerprint density at radius 1 is 1.12 bits per heavy atom. The van der Waals surface area contributed by atoms with Crippen LogP contribution in [-0.4, -0.2) is 34.8 Å². The van der Waals surface area contributed by atoms with Crippen LogP contribution in [-0.2, 0) is 9.53 Å². The normalized spacial score (nSPS) is 14.8. The van der Waals surface area contributed by atoms with E-state index in [1.807, 2.05) is 12.1 Å². The Hall–Kier alpha value is -4.96. The van der Waals surface area contributed by atoms with Crippen molar-refractivity contribution in [1.29, 1.82) is 0 Å². The SMILES string of the molecule is C=CCOc1ccc([C@H]2C(C(=O)OCC)=C(C)N=c3s/c(=C\c4ccc(-c5ccc(C(=O)O)cc5)o4)c(=O)n32)cc1. The predicted molar refractivity (Wildman–Crippen MR) is 154 cm³/mol. The van der Waals surface area contributed by atoms with Crippen molar-refractivity contribution in [3.63, 3.8) is 0 Å². The van der Waals surface area contributed by atoms with E-state index in [1.54, 1.807) is 62.4 Å². The van der Waals surface area contributed by atoms with E-state index >= 15 is 0 Å². The number of ether oxygens (including phenoxy) is 2. The van der Waals surface area contributed by atoms with E-state index in [-0.39, 0.29) is 23.3 Å². The van der Waals surface area contributed by atoms with E-state index < -0.39 is 18.0 Å². The Kier molecular flexibility index (Phi) is 7.84. The van der Waals surface area contributed by atoms with Crippen LogP contribution in [0.3, 0.4) is 0 Å². The topological polar surface area (TPSA) is 120 Å². The fraction of sp³-hybridized carbons (Fsp3) is 0.161. The Balaban J connectivity index is 1.57. The van der Waals surface area contributed by atoms with Crippen LogP contribution in [0.4, 0.5) is 0 Å². The summed E-state index contributed by atoms with van der Waals surface area (Å²) in [5, 5.41) is 9.13. The molecular formula is C31H26N2O7S. The third kappa shape index (κ3) is 5.55. The van der Waals surface area contributed by atoms with Crippen molar-refractivity contribution in [2.75, 3.05) is 13.2 Å². The summed E-state index contributed by atoms with van der Waals surface area (Å²) < 4.78 is 18.8. The molecule has 2 aromatic carbocycles. The summed E-state index contributed by atoms with van der Waals surface area (Å²) in [5.74, 6) is 0.0474. The zero-order valence-corrected chi connectivity index (χ0v) is 23.1. The van der Waals surface area contributed by atoms with E-state index in [1.165, 1.54) is 28.0 Å². The van der Waals surface area contributed by atoms with Crippen molar-refractivity contribution in [2.45, 2.75) is 19.9 Å². The molecule has 0 saturated heterocycles. The summed E-state index contributed by atoms with van der Waals surface area (Å²) in [6.45, 7) is 7.64. The van der Waals surface area contributed by atoms with Crippen LogP contribution >= 0.6 is 11.3 Å². The number of hydrogen-bond donors (Lipinski definition) is 1. The first-order chi connectivity index (χ1) is 19.8. The summed E-state index contributed by atoms with van der Waals surface area (Å²) in [4.78, 5) is 43.0. The average Bonchev–Trinajstić information content (AvgIpc) is 3.55. The standard InChI is InChI=1S/C31H26N2O7S/c1-4-16-39-22-12-10-20(11-13-22)27-26(30(37)38-5-2)18(3)32-31-33(27)28(34)25(41-31)17-23-14-15-24(40-23)19-6-8-21(9-7-19)29(35)36/h4,6-15,17,27H,1,5,16H2,2-3H3,(H,35,36)/b25-17-/t27-/m0/s1. The van der Waals surface area contributed by atoms with Crippen molar-refractivity contribution < 1.29 is 28.6 Å². The molecule has 0 unspecified atom stereocenters. The van der Waals surface area contributed by atoms with Crippen LogP contribution < -0.4 is 19.6 Å². The summed E-state index contributed by atoms with van der Waals surface area (Å²) in [6.07, 6.45) is 3.28. The van der Waals surface area contributed by atoms with Gasteiger partial charge in [-0.25, -0.2) is 14.6 Å². The van der Waals surface area contributed by atoms with Crippen molar-refractivity contribution in [3.05, 3.63) is 121 Å². The van der Waals surface area contributed by atoms with E-state index in [4.69, 9.17) is 19.0 Å². The predicted octanol–water partition coefficient (Wildman–Crippen LogP) is 4.32. The number of furan rings is 1. The van der Waals surface area contributed by atoms with Gasteiger partial charge in [0.05, 0.1) is 34.0 Å². The molecule has 1 aliphatic rings. The Labute approximate surface area is 238 Å². The highest BCUT2D eigenvalue weighted by atomic mass is 32.1. The minimum Gasteiger partial charge on any atom is -0.490 e. The van der Waals surface area contributed by atoms with Crippen LogP contribution in [0.15, 0.2) is 98.8 Å². The van der Waals surface area contributed by atoms with Gasteiger partial charge < -0.3 is 19.0 Å². The fourth-order valence-corrected chi connectivity index (χ4v) is 5.53. The summed E-state index contributed by atoms with van der Waals surface area (Å²) in [6, 6.07) is 16.2. The van der Waals surface area contributed by atoms with Gasteiger partial charge in [0, 0.05) is 11.6 Å². The third-order valence-electron chi connectivity index (χ3n) is 6.40. The molecule has 0 spiro atoms. The Morgan fingerprint density at radius 2 is 1.85 bits per heavy atom. The number of thiazole rings is 1. The number of hydrogen-bond acceptors (Lipinski definition) is 8. The number of rotatable bonds is 9. The summed E-state index contributed by atoms with van der Waals surface area (Å²) >= 11 is 1.19. The number of fused-ring (bicyclic) bond motifs is 1. The highest BCUT2D eigenvalue weighted by Crippen LogP contribution is 2.32. The maximum atomic E-state index is 13.8. The number of carboxylic acids is 1. The Morgan fingerprint density at radius 3 is 2.51 bits per heavy atom. The van der Waals surface area contributed by atoms with Gasteiger partial charge in [-0.15, -0.1) is 0 Å². The maximum Gasteiger partial charge on any atom is 0.338 e. The molecule has 10 heteroatoms. The second-order valence-electron chi connectivity index (χ2n) is 9.06. The lowest BCUT2D eigenvalue weighted by Crippen LogP contribution is -2.39. The van der Waals surface area contributed by atoms with Crippen LogP contribution in [0.1, 0.15) is 41.6 Å². The van der Waals surface area contributed by atoms with Gasteiger partial charge in [0.15, 0.2) is 4.80 Å². The molecule has 0 radical (unpaired) electrons. The number of esters is 1. The zero-order chi connectivity index (χ0) is 29.1. The minimum atomic E-state index is -1.01. The number of benzene rings is 2. The molecule has 0 aliphatic carbocycles. The quantitative estimate of drug-likeness (QED) is 0.235. The third-order valence-corrected chi connectivity index (χ3v) is 7.38. The van der Waals surface area contributed by atoms with Crippen molar-refractivity contribution in [2.24, 2.45) is 4.99 Å². The van der Waals surface area contributed by atoms with Crippen molar-refractivity contribution in [1.82, 2.24) is 4.57 Å². The molecule has 0 fully saturated rings. The average molecular weight is 571 g/mol. The first-order valence-electron chi connectivity index (χ1n) is 12.8. The number of carboxylic acid groups (broad SMARTS) is 1. The van der Waals surface area contributed by atoms with Gasteiger partial charge in [-0.05, 0) is 55.8 Å². The van der Waals surface area contributed by atoms with E-state index in [2.05, 4.69) is 11.6 Å². The van der Waals surface area contributed by atoms with E-state index in [0.29, 0.717) is 50.0 Å². The summed E-state index contributed by atoms with van der Waals surface area (Å²) in [5.41, 5.74) is 2.00. The van der Waals surface area contributed by atoms with Gasteiger partial charge in [-0.3, -0.25) is 9.36 Å². The second kappa shape index (κ2) is 11.6. The Bertz CT molecular complexity index is 1840. The number of allylic oxidation sites excluding steroid dienone is 1. The molecule has 1 atom stereocenters. The molecular weight excluding hydrogens is 544 g/mol. The zero-order valence-electron chi connectivity index (χ0n) is 22.3. The van der Waals surface area contributed by atoms with Crippen LogP contribution in [0.2, 0.25) is 0 Å². The lowest BCUT2D eigenvalue weighted by Gasteiger charge is -2.24. The van der Waals surface area contributed by atoms with Gasteiger partial charge in [0.25, 0.3) is 5.56 Å². The number of aromatic nitrogens is 1. The second-order valence-corrected chi connectivity index (χ2v) is 10.1. The first-order valence-corrected chi connectivity index (χ1v) is 13.6. The lowest BCUT2D eigenvalue weighted by atomic mass is 9.96. The van der Waals surface area contributed by atoms with Crippen molar-refractivity contribution in [3.8, 4) is 17.1 Å². The molecule has 0 saturated carbocycles. The maximum absolute atomic E-state index is 13.8. The molecule has 1 aliphatic heterocycles. The van der Waals surface area contributed by atoms with Gasteiger partial charge in [-0.2, -0.15) is 0 Å². The van der Waals surface area contributed by atoms with Crippen LogP contribution in [0.25, 0.3) is 17.4 Å². The van der Waals surface area contributed by atoms with Gasteiger partial charge >= 0.3 is 11.9 Å². The fourth-order valence-electron chi connectivity index (χ4n) is 4.50. The molecule has 41 heavy (non-hydrogen) atoms. The largest absolute Gasteiger partial charge is 0.490 e. The highest BCUT2D eigenvalue weighted by Gasteiger charge is 2.33. The molecule has 0 bridgehead atoms. The van der Waals surface area contributed by atoms with Gasteiger partial charge in [0.1, 0.15) is 23.9 Å². The summed E-state index contributed by atoms with van der Waals surface area (Å²) in [7, 11) is 0. The smallest absolute Gasteiger partial charge is 0.338 e. The molecule has 208 valence electrons. The molecule has 4 aromatic rings. The molecule has 3 heterocycles. The molecule has 1 N–H and O–H groups in total. The van der Waals surface area contributed by atoms with Gasteiger partial charge in [0.2, 0.25) is 0 Å². The van der Waals surface area contributed by atoms with Gasteiger partial charge in [-0.1, -0.05) is 48.3 Å². The lowest BCUT2D eigenvalue weighted by molar-refractivity contribution is -0.139. The van der Waals surface area contributed by atoms with Crippen LogP contribution in [0, 0.1) is 0 Å². The first kappa shape index (κ1) is 27.6. The number of carbonyl (C=O) groups excluding carboxylic acids is 1. The molecule has 9 nitrogen and oxygen atoms in total. The number of aromatic carboxylic acids is 1. The minimum absolute atomic E-state index is 0.174. The van der Waals surface area contributed by atoms with Crippen LogP contribution in [0.5, 0.6) is 5.75 Å². The highest BCUT2D eigenvalue weighted by molar-refractivity contribution is 7.07. The monoisotopic (exact) mass is 570 g/mol. The molecule has 2 aromatic heterocycles. The molecule has 0 amide bonds.